The number of nitrogens with zero attached hydrogens (tertiary/aromatic N) is 2. The maximum Gasteiger partial charge on any atom is 0.163 e. The fraction of sp³-hybridized carbons (Fsp3) is 0.214. The van der Waals surface area contributed by atoms with Gasteiger partial charge in [-0.25, -0.2) is 9.97 Å². The quantitative estimate of drug-likeness (QED) is 0.769. The Morgan fingerprint density at radius 3 is 2.40 bits per heavy atom. The molecule has 0 atom stereocenters. The van der Waals surface area contributed by atoms with E-state index in [9.17, 15) is 4.79 Å². The van der Waals surface area contributed by atoms with Gasteiger partial charge >= 0.3 is 0 Å². The van der Waals surface area contributed by atoms with Crippen molar-refractivity contribution in [2.24, 2.45) is 0 Å². The molecule has 104 valence electrons. The van der Waals surface area contributed by atoms with Gasteiger partial charge in [0.25, 0.3) is 0 Å². The summed E-state index contributed by atoms with van der Waals surface area (Å²) >= 11 is 11.7. The van der Waals surface area contributed by atoms with Gasteiger partial charge in [0, 0.05) is 12.0 Å². The second-order valence-corrected chi connectivity index (χ2v) is 4.84. The molecule has 0 bridgehead atoms. The Bertz CT molecular complexity index is 571. The molecule has 0 amide bonds. The van der Waals surface area contributed by atoms with Crippen molar-refractivity contribution in [2.45, 2.75) is 13.0 Å². The SMILES string of the molecule is O=C(COCc1ccccc1)Cc1c(Cl)ncnc1Cl. The van der Waals surface area contributed by atoms with Crippen LogP contribution < -0.4 is 0 Å². The number of aromatic nitrogens is 2. The lowest BCUT2D eigenvalue weighted by Crippen LogP contribution is -2.12. The Morgan fingerprint density at radius 2 is 1.75 bits per heavy atom. The molecule has 4 nitrogen and oxygen atoms in total. The summed E-state index contributed by atoms with van der Waals surface area (Å²) in [5.41, 5.74) is 1.45. The molecule has 0 aliphatic carbocycles. The smallest absolute Gasteiger partial charge is 0.163 e. The highest BCUT2D eigenvalue weighted by Gasteiger charge is 2.13. The molecule has 0 saturated carbocycles. The van der Waals surface area contributed by atoms with Crippen molar-refractivity contribution in [3.63, 3.8) is 0 Å². The lowest BCUT2D eigenvalue weighted by molar-refractivity contribution is -0.123. The van der Waals surface area contributed by atoms with Gasteiger partial charge in [0.1, 0.15) is 23.2 Å². The zero-order valence-corrected chi connectivity index (χ0v) is 12.1. The molecule has 1 heterocycles. The number of hydrogen-bond acceptors (Lipinski definition) is 4. The third-order valence-corrected chi connectivity index (χ3v) is 3.24. The van der Waals surface area contributed by atoms with Crippen LogP contribution in [0.1, 0.15) is 11.1 Å². The van der Waals surface area contributed by atoms with Crippen LogP contribution in [0.25, 0.3) is 0 Å². The number of rotatable bonds is 6. The molecule has 6 heteroatoms. The van der Waals surface area contributed by atoms with Crippen LogP contribution in [-0.4, -0.2) is 22.4 Å². The minimum Gasteiger partial charge on any atom is -0.369 e. The molecule has 0 saturated heterocycles. The van der Waals surface area contributed by atoms with Crippen LogP contribution in [0, 0.1) is 0 Å². The normalized spacial score (nSPS) is 10.5. The van der Waals surface area contributed by atoms with Crippen LogP contribution in [0.5, 0.6) is 0 Å². The number of ether oxygens (including phenoxy) is 1. The molecule has 2 rings (SSSR count). The fourth-order valence-corrected chi connectivity index (χ4v) is 2.07. The van der Waals surface area contributed by atoms with Gasteiger partial charge in [-0.3, -0.25) is 4.79 Å². The lowest BCUT2D eigenvalue weighted by Gasteiger charge is -2.06. The van der Waals surface area contributed by atoms with Gasteiger partial charge in [-0.1, -0.05) is 53.5 Å². The van der Waals surface area contributed by atoms with E-state index in [1.807, 2.05) is 30.3 Å². The van der Waals surface area contributed by atoms with Gasteiger partial charge in [0.2, 0.25) is 0 Å². The number of ketones is 1. The second kappa shape index (κ2) is 7.33. The maximum atomic E-state index is 11.8. The highest BCUT2D eigenvalue weighted by Crippen LogP contribution is 2.20. The number of Topliss-reactive ketones (excluding diaryl/α,β-unsaturated/α-hetero) is 1. The first-order valence-corrected chi connectivity index (χ1v) is 6.70. The van der Waals surface area contributed by atoms with Gasteiger partial charge < -0.3 is 4.74 Å². The zero-order chi connectivity index (χ0) is 14.4. The average Bonchev–Trinajstić information content (AvgIpc) is 2.44. The van der Waals surface area contributed by atoms with E-state index in [1.54, 1.807) is 0 Å². The number of benzene rings is 1. The van der Waals surface area contributed by atoms with Gasteiger partial charge in [-0.05, 0) is 5.56 Å². The first kappa shape index (κ1) is 14.9. The topological polar surface area (TPSA) is 52.1 Å². The Morgan fingerprint density at radius 1 is 1.10 bits per heavy atom. The lowest BCUT2D eigenvalue weighted by atomic mass is 10.2. The molecule has 0 spiro atoms. The Labute approximate surface area is 126 Å². The Kier molecular flexibility index (Phi) is 5.47. The Balaban J connectivity index is 1.84. The van der Waals surface area contributed by atoms with Crippen LogP contribution in [0.3, 0.4) is 0 Å². The van der Waals surface area contributed by atoms with Crippen molar-refractivity contribution in [1.29, 1.82) is 0 Å². The number of hydrogen-bond donors (Lipinski definition) is 0. The fourth-order valence-electron chi connectivity index (χ4n) is 1.62. The molecule has 1 aromatic heterocycles. The number of carbonyl (C=O) groups is 1. The summed E-state index contributed by atoms with van der Waals surface area (Å²) in [6.45, 7) is 0.385. The van der Waals surface area contributed by atoms with Crippen molar-refractivity contribution in [2.75, 3.05) is 6.61 Å². The van der Waals surface area contributed by atoms with E-state index in [4.69, 9.17) is 27.9 Å². The summed E-state index contributed by atoms with van der Waals surface area (Å²) < 4.78 is 5.36. The molecule has 0 aliphatic rings. The van der Waals surface area contributed by atoms with E-state index in [2.05, 4.69) is 9.97 Å². The molecule has 2 aromatic rings. The first-order valence-electron chi connectivity index (χ1n) is 5.95. The minimum atomic E-state index is -0.125. The predicted molar refractivity (Wildman–Crippen MR) is 76.9 cm³/mol. The van der Waals surface area contributed by atoms with Gasteiger partial charge in [-0.2, -0.15) is 0 Å². The van der Waals surface area contributed by atoms with Crippen LogP contribution in [0.4, 0.5) is 0 Å². The molecule has 0 unspecified atom stereocenters. The molecule has 0 aliphatic heterocycles. The summed E-state index contributed by atoms with van der Waals surface area (Å²) in [5.74, 6) is -0.125. The monoisotopic (exact) mass is 310 g/mol. The van der Waals surface area contributed by atoms with Crippen LogP contribution in [0.2, 0.25) is 10.3 Å². The van der Waals surface area contributed by atoms with Crippen LogP contribution >= 0.6 is 23.2 Å². The summed E-state index contributed by atoms with van der Waals surface area (Å²) in [6.07, 6.45) is 1.32. The molecular formula is C14H12Cl2N2O2. The van der Waals surface area contributed by atoms with Crippen molar-refractivity contribution in [3.8, 4) is 0 Å². The van der Waals surface area contributed by atoms with E-state index in [1.165, 1.54) is 6.33 Å². The van der Waals surface area contributed by atoms with E-state index < -0.39 is 0 Å². The van der Waals surface area contributed by atoms with Gasteiger partial charge in [0.15, 0.2) is 5.78 Å². The number of halogens is 2. The highest BCUT2D eigenvalue weighted by atomic mass is 35.5. The van der Waals surface area contributed by atoms with E-state index in [0.29, 0.717) is 12.2 Å². The molecule has 0 N–H and O–H groups in total. The van der Waals surface area contributed by atoms with E-state index >= 15 is 0 Å². The van der Waals surface area contributed by atoms with Gasteiger partial charge in [0.05, 0.1) is 6.61 Å². The molecule has 0 fully saturated rings. The summed E-state index contributed by atoms with van der Waals surface area (Å²) in [4.78, 5) is 19.4. The van der Waals surface area contributed by atoms with Crippen LogP contribution in [0.15, 0.2) is 36.7 Å². The summed E-state index contributed by atoms with van der Waals surface area (Å²) in [6, 6.07) is 9.63. The van der Waals surface area contributed by atoms with Crippen molar-refractivity contribution < 1.29 is 9.53 Å². The zero-order valence-electron chi connectivity index (χ0n) is 10.6. The third-order valence-electron chi connectivity index (χ3n) is 2.59. The largest absolute Gasteiger partial charge is 0.369 e. The van der Waals surface area contributed by atoms with E-state index in [0.717, 1.165) is 5.56 Å². The molecular weight excluding hydrogens is 299 g/mol. The molecule has 0 radical (unpaired) electrons. The van der Waals surface area contributed by atoms with Crippen molar-refractivity contribution in [1.82, 2.24) is 9.97 Å². The minimum absolute atomic E-state index is 0.00353. The standard InChI is InChI=1S/C14H12Cl2N2O2/c15-13-12(14(16)18-9-17-13)6-11(19)8-20-7-10-4-2-1-3-5-10/h1-5,9H,6-8H2. The second-order valence-electron chi connectivity index (χ2n) is 4.13. The third kappa shape index (κ3) is 4.27. The number of carbonyl (C=O) groups excluding carboxylic acids is 1. The highest BCUT2D eigenvalue weighted by molar-refractivity contribution is 6.34. The van der Waals surface area contributed by atoms with Crippen molar-refractivity contribution in [3.05, 3.63) is 58.1 Å². The molecule has 1 aromatic carbocycles. The summed E-state index contributed by atoms with van der Waals surface area (Å²) in [7, 11) is 0. The average molecular weight is 311 g/mol. The molecule has 20 heavy (non-hydrogen) atoms. The predicted octanol–water partition coefficient (Wildman–Crippen LogP) is 3.11. The van der Waals surface area contributed by atoms with E-state index in [-0.39, 0.29) is 29.1 Å². The van der Waals surface area contributed by atoms with Crippen LogP contribution in [-0.2, 0) is 22.6 Å². The summed E-state index contributed by atoms with van der Waals surface area (Å²) in [5, 5.41) is 0.391. The Hall–Kier alpha value is -1.49. The first-order chi connectivity index (χ1) is 9.66. The maximum absolute atomic E-state index is 11.8. The van der Waals surface area contributed by atoms with Gasteiger partial charge in [-0.15, -0.1) is 0 Å². The van der Waals surface area contributed by atoms with Crippen molar-refractivity contribution >= 4 is 29.0 Å².